The summed E-state index contributed by atoms with van der Waals surface area (Å²) in [7, 11) is 3.57. The second-order valence-electron chi connectivity index (χ2n) is 4.47. The van der Waals surface area contributed by atoms with E-state index in [1.165, 1.54) is 13.2 Å². The molecule has 0 aromatic heterocycles. The average molecular weight is 254 g/mol. The molecule has 0 saturated carbocycles. The van der Waals surface area contributed by atoms with Crippen LogP contribution in [0.15, 0.2) is 18.2 Å². The molecule has 0 aliphatic carbocycles. The summed E-state index contributed by atoms with van der Waals surface area (Å²) in [6, 6.07) is 5.17. The lowest BCUT2D eigenvalue weighted by molar-refractivity contribution is 0.342. The maximum atomic E-state index is 13.3. The number of likely N-dealkylation sites (N-methyl/N-ethyl adjacent to an activating group) is 1. The Morgan fingerprint density at radius 2 is 2.17 bits per heavy atom. The van der Waals surface area contributed by atoms with Crippen LogP contribution in [0.5, 0.6) is 5.75 Å². The van der Waals surface area contributed by atoms with Crippen LogP contribution in [0, 0.1) is 5.82 Å². The molecule has 0 radical (unpaired) electrons. The van der Waals surface area contributed by atoms with Crippen LogP contribution in [0.1, 0.15) is 25.5 Å². The molecule has 0 fully saturated rings. The zero-order valence-corrected chi connectivity index (χ0v) is 11.7. The molecule has 1 atom stereocenters. The van der Waals surface area contributed by atoms with Gasteiger partial charge in [-0.2, -0.15) is 0 Å². The molecule has 1 unspecified atom stereocenters. The molecular weight excluding hydrogens is 231 g/mol. The summed E-state index contributed by atoms with van der Waals surface area (Å²) in [5.41, 5.74) is 1.03. The van der Waals surface area contributed by atoms with Gasteiger partial charge in [0, 0.05) is 19.1 Å². The van der Waals surface area contributed by atoms with Crippen LogP contribution in [-0.2, 0) is 0 Å². The van der Waals surface area contributed by atoms with E-state index >= 15 is 0 Å². The van der Waals surface area contributed by atoms with Crippen LogP contribution in [0.4, 0.5) is 4.39 Å². The Morgan fingerprint density at radius 1 is 1.44 bits per heavy atom. The molecular formula is C14H23FN2O. The number of halogens is 1. The highest BCUT2D eigenvalue weighted by Gasteiger charge is 2.09. The van der Waals surface area contributed by atoms with Crippen molar-refractivity contribution < 1.29 is 9.13 Å². The molecule has 3 nitrogen and oxygen atoms in total. The van der Waals surface area contributed by atoms with Crippen molar-refractivity contribution in [3.05, 3.63) is 29.6 Å². The van der Waals surface area contributed by atoms with E-state index in [1.807, 2.05) is 0 Å². The molecule has 102 valence electrons. The minimum atomic E-state index is -0.320. The Bertz CT molecular complexity index is 371. The average Bonchev–Trinajstić information content (AvgIpc) is 2.38. The quantitative estimate of drug-likeness (QED) is 0.809. The van der Waals surface area contributed by atoms with E-state index in [2.05, 4.69) is 31.1 Å². The molecule has 1 N–H and O–H groups in total. The number of nitrogens with zero attached hydrogens (tertiary/aromatic N) is 1. The molecule has 18 heavy (non-hydrogen) atoms. The van der Waals surface area contributed by atoms with Crippen molar-refractivity contribution in [3.63, 3.8) is 0 Å². The van der Waals surface area contributed by atoms with Gasteiger partial charge in [0.25, 0.3) is 0 Å². The molecule has 4 heteroatoms. The summed E-state index contributed by atoms with van der Waals surface area (Å²) in [5, 5.41) is 3.42. The number of methoxy groups -OCH3 is 1. The monoisotopic (exact) mass is 254 g/mol. The molecule has 0 spiro atoms. The zero-order chi connectivity index (χ0) is 13.5. The highest BCUT2D eigenvalue weighted by atomic mass is 19.1. The van der Waals surface area contributed by atoms with Crippen LogP contribution in [0.25, 0.3) is 0 Å². The fourth-order valence-electron chi connectivity index (χ4n) is 1.69. The molecule has 0 bridgehead atoms. The van der Waals surface area contributed by atoms with Crippen molar-refractivity contribution in [2.75, 3.05) is 33.8 Å². The first-order valence-corrected chi connectivity index (χ1v) is 6.33. The lowest BCUT2D eigenvalue weighted by Gasteiger charge is -2.18. The van der Waals surface area contributed by atoms with Gasteiger partial charge in [-0.15, -0.1) is 0 Å². The highest BCUT2D eigenvalue weighted by molar-refractivity contribution is 5.31. The van der Waals surface area contributed by atoms with Gasteiger partial charge < -0.3 is 15.0 Å². The summed E-state index contributed by atoms with van der Waals surface area (Å²) >= 11 is 0. The van der Waals surface area contributed by atoms with E-state index < -0.39 is 0 Å². The second-order valence-corrected chi connectivity index (χ2v) is 4.47. The number of hydrogen-bond acceptors (Lipinski definition) is 3. The van der Waals surface area contributed by atoms with E-state index in [1.54, 1.807) is 12.1 Å². The Kier molecular flexibility index (Phi) is 6.09. The van der Waals surface area contributed by atoms with Crippen molar-refractivity contribution >= 4 is 0 Å². The topological polar surface area (TPSA) is 24.5 Å². The minimum Gasteiger partial charge on any atom is -0.494 e. The predicted octanol–water partition coefficient (Wildman–Crippen LogP) is 2.44. The van der Waals surface area contributed by atoms with Gasteiger partial charge in [-0.3, -0.25) is 0 Å². The molecule has 0 aliphatic heterocycles. The van der Waals surface area contributed by atoms with E-state index in [-0.39, 0.29) is 11.9 Å². The van der Waals surface area contributed by atoms with E-state index in [9.17, 15) is 4.39 Å². The Labute approximate surface area is 109 Å². The van der Waals surface area contributed by atoms with Crippen LogP contribution >= 0.6 is 0 Å². The van der Waals surface area contributed by atoms with Gasteiger partial charge in [-0.05, 0) is 38.2 Å². The van der Waals surface area contributed by atoms with Crippen LogP contribution < -0.4 is 10.1 Å². The third kappa shape index (κ3) is 4.27. The first-order chi connectivity index (χ1) is 8.58. The highest BCUT2D eigenvalue weighted by Crippen LogP contribution is 2.22. The standard InChI is InChI=1S/C14H23FN2O/c1-5-17(3)9-8-16-11(2)12-6-7-13(15)14(10-12)18-4/h6-7,10-11,16H,5,8-9H2,1-4H3. The normalized spacial score (nSPS) is 12.8. The van der Waals surface area contributed by atoms with Gasteiger partial charge >= 0.3 is 0 Å². The third-order valence-corrected chi connectivity index (χ3v) is 3.16. The van der Waals surface area contributed by atoms with Gasteiger partial charge in [-0.25, -0.2) is 4.39 Å². The van der Waals surface area contributed by atoms with E-state index in [0.717, 1.165) is 25.2 Å². The smallest absolute Gasteiger partial charge is 0.165 e. The molecule has 1 aromatic rings. The Hall–Kier alpha value is -1.13. The van der Waals surface area contributed by atoms with Gasteiger partial charge in [0.15, 0.2) is 11.6 Å². The lowest BCUT2D eigenvalue weighted by Crippen LogP contribution is -2.30. The molecule has 1 rings (SSSR count). The van der Waals surface area contributed by atoms with Crippen LogP contribution in [0.2, 0.25) is 0 Å². The largest absolute Gasteiger partial charge is 0.494 e. The predicted molar refractivity (Wildman–Crippen MR) is 72.5 cm³/mol. The van der Waals surface area contributed by atoms with Crippen LogP contribution in [-0.4, -0.2) is 38.7 Å². The summed E-state index contributed by atoms with van der Waals surface area (Å²) in [6.45, 7) is 7.15. The van der Waals surface area contributed by atoms with Crippen LogP contribution in [0.3, 0.4) is 0 Å². The molecule has 1 aromatic carbocycles. The van der Waals surface area contributed by atoms with E-state index in [4.69, 9.17) is 4.74 Å². The third-order valence-electron chi connectivity index (χ3n) is 3.16. The maximum Gasteiger partial charge on any atom is 0.165 e. The summed E-state index contributed by atoms with van der Waals surface area (Å²) in [4.78, 5) is 2.24. The summed E-state index contributed by atoms with van der Waals surface area (Å²) < 4.78 is 18.3. The molecule has 0 amide bonds. The number of nitrogens with one attached hydrogen (secondary N) is 1. The number of rotatable bonds is 7. The SMILES string of the molecule is CCN(C)CCNC(C)c1ccc(F)c(OC)c1. The molecule has 0 heterocycles. The fraction of sp³-hybridized carbons (Fsp3) is 0.571. The Morgan fingerprint density at radius 3 is 2.78 bits per heavy atom. The van der Waals surface area contributed by atoms with Crippen molar-refractivity contribution in [1.29, 1.82) is 0 Å². The van der Waals surface area contributed by atoms with Gasteiger partial charge in [0.05, 0.1) is 7.11 Å². The zero-order valence-electron chi connectivity index (χ0n) is 11.7. The van der Waals surface area contributed by atoms with E-state index in [0.29, 0.717) is 5.75 Å². The Balaban J connectivity index is 2.53. The van der Waals surface area contributed by atoms with Crippen molar-refractivity contribution in [1.82, 2.24) is 10.2 Å². The summed E-state index contributed by atoms with van der Waals surface area (Å²) in [5.74, 6) is -0.0222. The molecule has 0 aliphatic rings. The summed E-state index contributed by atoms with van der Waals surface area (Å²) in [6.07, 6.45) is 0. The van der Waals surface area contributed by atoms with Gasteiger partial charge in [0.1, 0.15) is 0 Å². The number of benzene rings is 1. The van der Waals surface area contributed by atoms with Gasteiger partial charge in [-0.1, -0.05) is 13.0 Å². The van der Waals surface area contributed by atoms with Gasteiger partial charge in [0.2, 0.25) is 0 Å². The second kappa shape index (κ2) is 7.34. The van der Waals surface area contributed by atoms with Crippen molar-refractivity contribution in [3.8, 4) is 5.75 Å². The number of hydrogen-bond donors (Lipinski definition) is 1. The molecule has 0 saturated heterocycles. The first kappa shape index (κ1) is 14.9. The number of ether oxygens (including phenoxy) is 1. The fourth-order valence-corrected chi connectivity index (χ4v) is 1.69. The first-order valence-electron chi connectivity index (χ1n) is 6.33. The maximum absolute atomic E-state index is 13.3. The minimum absolute atomic E-state index is 0.185. The van der Waals surface area contributed by atoms with Crippen molar-refractivity contribution in [2.24, 2.45) is 0 Å². The van der Waals surface area contributed by atoms with Crippen molar-refractivity contribution in [2.45, 2.75) is 19.9 Å². The lowest BCUT2D eigenvalue weighted by atomic mass is 10.1.